The molecule has 20 heavy (non-hydrogen) atoms. The van der Waals surface area contributed by atoms with Gasteiger partial charge in [-0.25, -0.2) is 4.98 Å². The number of carbonyl (C=O) groups excluding carboxylic acids is 1. The van der Waals surface area contributed by atoms with Gasteiger partial charge in [0, 0.05) is 22.7 Å². The van der Waals surface area contributed by atoms with Gasteiger partial charge in [-0.2, -0.15) is 0 Å². The zero-order valence-electron chi connectivity index (χ0n) is 11.0. The van der Waals surface area contributed by atoms with E-state index in [1.807, 2.05) is 6.07 Å². The standard InChI is InChI=1S/C14H14BrN3O2/c1-8-2-4-11-10(6-8)13(18-20-11)14(19)17-12-5-3-9(15)7-16-12/h3,5,7-8H,2,4,6H2,1H3,(H,16,17,19)/t8-/m1/s1. The molecule has 0 spiro atoms. The summed E-state index contributed by atoms with van der Waals surface area (Å²) in [4.78, 5) is 16.4. The number of nitrogens with zero attached hydrogens (tertiary/aromatic N) is 2. The van der Waals surface area contributed by atoms with Gasteiger partial charge in [0.2, 0.25) is 0 Å². The maximum atomic E-state index is 12.3. The van der Waals surface area contributed by atoms with E-state index in [1.54, 1.807) is 12.3 Å². The number of hydrogen-bond donors (Lipinski definition) is 1. The first kappa shape index (κ1) is 13.3. The van der Waals surface area contributed by atoms with Crippen molar-refractivity contribution in [2.45, 2.75) is 26.2 Å². The molecule has 5 nitrogen and oxygen atoms in total. The average molecular weight is 336 g/mol. The molecule has 1 aliphatic rings. The zero-order chi connectivity index (χ0) is 14.1. The Hall–Kier alpha value is -1.69. The third-order valence-corrected chi connectivity index (χ3v) is 3.94. The smallest absolute Gasteiger partial charge is 0.279 e. The second-order valence-corrected chi connectivity index (χ2v) is 6.01. The van der Waals surface area contributed by atoms with E-state index in [1.165, 1.54) is 0 Å². The van der Waals surface area contributed by atoms with Crippen LogP contribution in [0.3, 0.4) is 0 Å². The second-order valence-electron chi connectivity index (χ2n) is 5.10. The Balaban J connectivity index is 1.81. The number of nitrogens with one attached hydrogen (secondary N) is 1. The largest absolute Gasteiger partial charge is 0.360 e. The summed E-state index contributed by atoms with van der Waals surface area (Å²) in [5, 5.41) is 6.66. The Kier molecular flexibility index (Phi) is 3.56. The van der Waals surface area contributed by atoms with Crippen molar-refractivity contribution in [1.82, 2.24) is 10.1 Å². The van der Waals surface area contributed by atoms with Gasteiger partial charge in [-0.1, -0.05) is 12.1 Å². The van der Waals surface area contributed by atoms with Gasteiger partial charge in [0.25, 0.3) is 5.91 Å². The maximum absolute atomic E-state index is 12.3. The van der Waals surface area contributed by atoms with Crippen LogP contribution < -0.4 is 5.32 Å². The fourth-order valence-electron chi connectivity index (χ4n) is 2.38. The number of halogens is 1. The molecular weight excluding hydrogens is 322 g/mol. The number of pyridine rings is 1. The first-order valence-electron chi connectivity index (χ1n) is 6.54. The molecule has 2 heterocycles. The van der Waals surface area contributed by atoms with Crippen LogP contribution in [0.2, 0.25) is 0 Å². The van der Waals surface area contributed by atoms with Crippen LogP contribution in [0.1, 0.15) is 35.2 Å². The fraction of sp³-hybridized carbons (Fsp3) is 0.357. The Morgan fingerprint density at radius 1 is 1.50 bits per heavy atom. The molecule has 0 saturated heterocycles. The summed E-state index contributed by atoms with van der Waals surface area (Å²) in [6, 6.07) is 3.56. The SMILES string of the molecule is C[C@@H]1CCc2onc(C(=O)Nc3ccc(Br)cn3)c2C1. The number of hydrogen-bond acceptors (Lipinski definition) is 4. The summed E-state index contributed by atoms with van der Waals surface area (Å²) in [5.41, 5.74) is 1.33. The van der Waals surface area contributed by atoms with Crippen LogP contribution in [0.15, 0.2) is 27.3 Å². The highest BCUT2D eigenvalue weighted by Crippen LogP contribution is 2.28. The van der Waals surface area contributed by atoms with Crippen molar-refractivity contribution in [2.24, 2.45) is 5.92 Å². The van der Waals surface area contributed by atoms with Gasteiger partial charge in [0.1, 0.15) is 11.6 Å². The lowest BCUT2D eigenvalue weighted by molar-refractivity contribution is 0.101. The van der Waals surface area contributed by atoms with Crippen LogP contribution in [0.25, 0.3) is 0 Å². The molecule has 1 N–H and O–H groups in total. The zero-order valence-corrected chi connectivity index (χ0v) is 12.6. The van der Waals surface area contributed by atoms with Crippen LogP contribution >= 0.6 is 15.9 Å². The van der Waals surface area contributed by atoms with Crippen molar-refractivity contribution >= 4 is 27.7 Å². The maximum Gasteiger partial charge on any atom is 0.279 e. The summed E-state index contributed by atoms with van der Waals surface area (Å²) in [7, 11) is 0. The minimum atomic E-state index is -0.265. The van der Waals surface area contributed by atoms with Crippen molar-refractivity contribution in [3.05, 3.63) is 39.8 Å². The van der Waals surface area contributed by atoms with E-state index in [9.17, 15) is 4.79 Å². The molecule has 0 aromatic carbocycles. The minimum Gasteiger partial charge on any atom is -0.360 e. The molecule has 2 aromatic heterocycles. The Morgan fingerprint density at radius 3 is 3.10 bits per heavy atom. The minimum absolute atomic E-state index is 0.265. The van der Waals surface area contributed by atoms with Crippen LogP contribution in [-0.4, -0.2) is 16.0 Å². The Labute approximate surface area is 124 Å². The average Bonchev–Trinajstić information content (AvgIpc) is 2.84. The van der Waals surface area contributed by atoms with E-state index in [4.69, 9.17) is 4.52 Å². The summed E-state index contributed by atoms with van der Waals surface area (Å²) < 4.78 is 6.14. The fourth-order valence-corrected chi connectivity index (χ4v) is 2.62. The Morgan fingerprint density at radius 2 is 2.35 bits per heavy atom. The van der Waals surface area contributed by atoms with E-state index in [0.717, 1.165) is 35.1 Å². The van der Waals surface area contributed by atoms with Gasteiger partial charge in [-0.15, -0.1) is 0 Å². The highest BCUT2D eigenvalue weighted by Gasteiger charge is 2.27. The highest BCUT2D eigenvalue weighted by molar-refractivity contribution is 9.10. The molecule has 1 atom stereocenters. The number of carbonyl (C=O) groups is 1. The Bertz CT molecular complexity index is 636. The normalized spacial score (nSPS) is 17.6. The number of aryl methyl sites for hydroxylation is 1. The third-order valence-electron chi connectivity index (χ3n) is 3.47. The van der Waals surface area contributed by atoms with E-state index < -0.39 is 0 Å². The van der Waals surface area contributed by atoms with Crippen LogP contribution in [-0.2, 0) is 12.8 Å². The van der Waals surface area contributed by atoms with Gasteiger partial charge in [-0.3, -0.25) is 4.79 Å². The van der Waals surface area contributed by atoms with Crippen molar-refractivity contribution < 1.29 is 9.32 Å². The van der Waals surface area contributed by atoms with Crippen molar-refractivity contribution in [3.63, 3.8) is 0 Å². The quantitative estimate of drug-likeness (QED) is 0.914. The molecule has 3 rings (SSSR count). The van der Waals surface area contributed by atoms with Gasteiger partial charge in [-0.05, 0) is 46.8 Å². The molecule has 0 saturated carbocycles. The molecule has 0 bridgehead atoms. The van der Waals surface area contributed by atoms with Crippen LogP contribution in [0.4, 0.5) is 5.82 Å². The number of anilines is 1. The molecule has 0 fully saturated rings. The van der Waals surface area contributed by atoms with Crippen molar-refractivity contribution in [3.8, 4) is 0 Å². The molecule has 104 valence electrons. The summed E-state index contributed by atoms with van der Waals surface area (Å²) in [5.74, 6) is 1.63. The highest BCUT2D eigenvalue weighted by atomic mass is 79.9. The predicted molar refractivity (Wildman–Crippen MR) is 77.6 cm³/mol. The topological polar surface area (TPSA) is 68.0 Å². The summed E-state index contributed by atoms with van der Waals surface area (Å²) in [6.45, 7) is 2.17. The van der Waals surface area contributed by atoms with Gasteiger partial charge in [0.15, 0.2) is 5.69 Å². The molecule has 0 radical (unpaired) electrons. The second kappa shape index (κ2) is 5.36. The molecule has 0 unspecified atom stereocenters. The first-order chi connectivity index (χ1) is 9.63. The van der Waals surface area contributed by atoms with E-state index in [-0.39, 0.29) is 5.91 Å². The monoisotopic (exact) mass is 335 g/mol. The summed E-state index contributed by atoms with van der Waals surface area (Å²) in [6.07, 6.45) is 4.41. The molecule has 1 amide bonds. The van der Waals surface area contributed by atoms with Crippen molar-refractivity contribution in [2.75, 3.05) is 5.32 Å². The van der Waals surface area contributed by atoms with Crippen molar-refractivity contribution in [1.29, 1.82) is 0 Å². The number of amides is 1. The molecule has 0 aliphatic heterocycles. The number of fused-ring (bicyclic) bond motifs is 1. The van der Waals surface area contributed by atoms with Gasteiger partial charge >= 0.3 is 0 Å². The lowest BCUT2D eigenvalue weighted by Crippen LogP contribution is -2.18. The number of aromatic nitrogens is 2. The molecule has 1 aliphatic carbocycles. The van der Waals surface area contributed by atoms with Gasteiger partial charge in [0.05, 0.1) is 0 Å². The molecule has 6 heteroatoms. The number of rotatable bonds is 2. The summed E-state index contributed by atoms with van der Waals surface area (Å²) >= 11 is 3.30. The lowest BCUT2D eigenvalue weighted by Gasteiger charge is -2.16. The van der Waals surface area contributed by atoms with E-state index >= 15 is 0 Å². The van der Waals surface area contributed by atoms with Crippen LogP contribution in [0.5, 0.6) is 0 Å². The predicted octanol–water partition coefficient (Wildman–Crippen LogP) is 3.21. The lowest BCUT2D eigenvalue weighted by atomic mass is 9.88. The third kappa shape index (κ3) is 2.60. The van der Waals surface area contributed by atoms with Crippen LogP contribution in [0, 0.1) is 5.92 Å². The van der Waals surface area contributed by atoms with E-state index in [2.05, 4.69) is 38.3 Å². The molecule has 2 aromatic rings. The first-order valence-corrected chi connectivity index (χ1v) is 7.33. The van der Waals surface area contributed by atoms with Gasteiger partial charge < -0.3 is 9.84 Å². The molecular formula is C14H14BrN3O2. The van der Waals surface area contributed by atoms with E-state index in [0.29, 0.717) is 17.4 Å².